The molecule has 100 valence electrons. The predicted molar refractivity (Wildman–Crippen MR) is 69.4 cm³/mol. The van der Waals surface area contributed by atoms with Crippen LogP contribution >= 0.6 is 0 Å². The van der Waals surface area contributed by atoms with Crippen molar-refractivity contribution in [3.63, 3.8) is 0 Å². The van der Waals surface area contributed by atoms with Gasteiger partial charge in [0.15, 0.2) is 0 Å². The van der Waals surface area contributed by atoms with Crippen molar-refractivity contribution in [2.75, 3.05) is 6.61 Å². The van der Waals surface area contributed by atoms with Crippen molar-refractivity contribution in [3.8, 4) is 0 Å². The molecule has 1 aromatic rings. The fourth-order valence-electron chi connectivity index (χ4n) is 2.45. The summed E-state index contributed by atoms with van der Waals surface area (Å²) in [5.41, 5.74) is 3.79. The van der Waals surface area contributed by atoms with Gasteiger partial charge in [-0.05, 0) is 49.8 Å². The second kappa shape index (κ2) is 6.83. The first-order valence-corrected chi connectivity index (χ1v) is 6.60. The minimum Gasteiger partial charge on any atom is -0.378 e. The van der Waals surface area contributed by atoms with Gasteiger partial charge in [0.2, 0.25) is 0 Å². The Bertz CT molecular complexity index is 367. The average molecular weight is 252 g/mol. The molecule has 1 saturated heterocycles. The van der Waals surface area contributed by atoms with E-state index in [4.69, 9.17) is 10.6 Å². The highest BCUT2D eigenvalue weighted by atomic mass is 19.1. The fraction of sp³-hybridized carbons (Fsp3) is 0.571. The Morgan fingerprint density at radius 1 is 1.50 bits per heavy atom. The van der Waals surface area contributed by atoms with Crippen molar-refractivity contribution in [1.29, 1.82) is 0 Å². The normalized spacial score (nSPS) is 21.1. The molecule has 2 unspecified atom stereocenters. The zero-order valence-electron chi connectivity index (χ0n) is 10.6. The van der Waals surface area contributed by atoms with Crippen molar-refractivity contribution in [1.82, 2.24) is 5.43 Å². The monoisotopic (exact) mass is 252 g/mol. The van der Waals surface area contributed by atoms with Crippen molar-refractivity contribution in [2.45, 2.75) is 44.2 Å². The summed E-state index contributed by atoms with van der Waals surface area (Å²) in [6.45, 7) is 0.884. The Balaban J connectivity index is 1.81. The quantitative estimate of drug-likeness (QED) is 0.602. The van der Waals surface area contributed by atoms with Gasteiger partial charge in [0, 0.05) is 12.6 Å². The van der Waals surface area contributed by atoms with E-state index < -0.39 is 0 Å². The Hall–Kier alpha value is -0.970. The fourth-order valence-corrected chi connectivity index (χ4v) is 2.45. The maximum Gasteiger partial charge on any atom is 0.123 e. The third-order valence-corrected chi connectivity index (χ3v) is 3.47. The molecule has 1 aliphatic heterocycles. The first-order valence-electron chi connectivity index (χ1n) is 6.60. The highest BCUT2D eigenvalue weighted by Gasteiger charge is 2.17. The Morgan fingerprint density at radius 3 is 3.06 bits per heavy atom. The highest BCUT2D eigenvalue weighted by molar-refractivity contribution is 5.17. The van der Waals surface area contributed by atoms with Crippen LogP contribution in [0.5, 0.6) is 0 Å². The lowest BCUT2D eigenvalue weighted by Crippen LogP contribution is -2.37. The van der Waals surface area contributed by atoms with E-state index >= 15 is 0 Å². The first kappa shape index (κ1) is 13.5. The molecule has 0 radical (unpaired) electrons. The molecule has 0 saturated carbocycles. The van der Waals surface area contributed by atoms with E-state index in [1.54, 1.807) is 12.1 Å². The molecule has 0 bridgehead atoms. The zero-order valence-corrected chi connectivity index (χ0v) is 10.6. The number of rotatable bonds is 6. The van der Waals surface area contributed by atoms with E-state index in [2.05, 4.69) is 5.43 Å². The summed E-state index contributed by atoms with van der Waals surface area (Å²) in [6.07, 6.45) is 5.42. The second-order valence-corrected chi connectivity index (χ2v) is 4.91. The molecule has 1 aromatic carbocycles. The van der Waals surface area contributed by atoms with Gasteiger partial charge in [-0.25, -0.2) is 4.39 Å². The molecule has 3 N–H and O–H groups in total. The average Bonchev–Trinajstić information content (AvgIpc) is 2.87. The lowest BCUT2D eigenvalue weighted by atomic mass is 10.00. The number of hydrogen-bond acceptors (Lipinski definition) is 3. The van der Waals surface area contributed by atoms with E-state index in [-0.39, 0.29) is 11.9 Å². The van der Waals surface area contributed by atoms with Gasteiger partial charge >= 0.3 is 0 Å². The number of hydrazine groups is 1. The molecule has 1 heterocycles. The molecule has 2 rings (SSSR count). The molecule has 4 heteroatoms. The van der Waals surface area contributed by atoms with Crippen LogP contribution < -0.4 is 11.3 Å². The van der Waals surface area contributed by atoms with Crippen LogP contribution in [0.25, 0.3) is 0 Å². The maximum absolute atomic E-state index is 13.1. The van der Waals surface area contributed by atoms with Crippen molar-refractivity contribution in [3.05, 3.63) is 35.6 Å². The van der Waals surface area contributed by atoms with Crippen LogP contribution in [-0.2, 0) is 11.2 Å². The zero-order chi connectivity index (χ0) is 12.8. The summed E-state index contributed by atoms with van der Waals surface area (Å²) in [5.74, 6) is 5.37. The third kappa shape index (κ3) is 4.05. The van der Waals surface area contributed by atoms with Gasteiger partial charge in [-0.1, -0.05) is 12.1 Å². The van der Waals surface area contributed by atoms with Crippen LogP contribution in [0.15, 0.2) is 24.3 Å². The number of ether oxygens (including phenoxy) is 1. The Labute approximate surface area is 107 Å². The molecule has 1 aliphatic rings. The first-order chi connectivity index (χ1) is 8.78. The number of benzene rings is 1. The second-order valence-electron chi connectivity index (χ2n) is 4.91. The summed E-state index contributed by atoms with van der Waals surface area (Å²) >= 11 is 0. The SMILES string of the molecule is NNC(CCC1CCCO1)Cc1cccc(F)c1. The predicted octanol–water partition coefficient (Wildman–Crippen LogP) is 2.16. The third-order valence-electron chi connectivity index (χ3n) is 3.47. The summed E-state index contributed by atoms with van der Waals surface area (Å²) in [7, 11) is 0. The molecule has 0 spiro atoms. The van der Waals surface area contributed by atoms with E-state index in [9.17, 15) is 4.39 Å². The van der Waals surface area contributed by atoms with Crippen molar-refractivity contribution in [2.24, 2.45) is 5.84 Å². The minimum absolute atomic E-state index is 0.177. The van der Waals surface area contributed by atoms with Crippen LogP contribution in [0, 0.1) is 5.82 Å². The molecular formula is C14H21FN2O. The number of nitrogens with two attached hydrogens (primary N) is 1. The molecule has 0 aliphatic carbocycles. The molecule has 3 nitrogen and oxygen atoms in total. The van der Waals surface area contributed by atoms with Crippen molar-refractivity contribution < 1.29 is 9.13 Å². The van der Waals surface area contributed by atoms with Gasteiger partial charge < -0.3 is 4.74 Å². The molecule has 18 heavy (non-hydrogen) atoms. The van der Waals surface area contributed by atoms with Crippen LogP contribution in [0.2, 0.25) is 0 Å². The standard InChI is InChI=1S/C14H21FN2O/c15-12-4-1-3-11(9-12)10-13(17-16)6-7-14-5-2-8-18-14/h1,3-4,9,13-14,17H,2,5-8,10,16H2. The van der Waals surface area contributed by atoms with Crippen LogP contribution in [-0.4, -0.2) is 18.8 Å². The number of hydrogen-bond donors (Lipinski definition) is 2. The lowest BCUT2D eigenvalue weighted by molar-refractivity contribution is 0.0996. The van der Waals surface area contributed by atoms with Gasteiger partial charge in [0.05, 0.1) is 6.10 Å². The van der Waals surface area contributed by atoms with Crippen LogP contribution in [0.3, 0.4) is 0 Å². The van der Waals surface area contributed by atoms with Gasteiger partial charge in [0.1, 0.15) is 5.82 Å². The molecule has 0 amide bonds. The van der Waals surface area contributed by atoms with Gasteiger partial charge in [-0.2, -0.15) is 0 Å². The summed E-state index contributed by atoms with van der Waals surface area (Å²) in [4.78, 5) is 0. The van der Waals surface area contributed by atoms with E-state index in [0.717, 1.165) is 44.3 Å². The van der Waals surface area contributed by atoms with Crippen LogP contribution in [0.4, 0.5) is 4.39 Å². The van der Waals surface area contributed by atoms with E-state index in [0.29, 0.717) is 6.10 Å². The molecular weight excluding hydrogens is 231 g/mol. The molecule has 0 aromatic heterocycles. The van der Waals surface area contributed by atoms with Gasteiger partial charge in [-0.3, -0.25) is 11.3 Å². The smallest absolute Gasteiger partial charge is 0.123 e. The summed E-state index contributed by atoms with van der Waals surface area (Å²) in [5, 5.41) is 0. The Morgan fingerprint density at radius 2 is 2.39 bits per heavy atom. The van der Waals surface area contributed by atoms with Crippen molar-refractivity contribution >= 4 is 0 Å². The maximum atomic E-state index is 13.1. The number of nitrogens with one attached hydrogen (secondary N) is 1. The Kier molecular flexibility index (Phi) is 5.11. The summed E-state index contributed by atoms with van der Waals surface area (Å²) in [6, 6.07) is 6.87. The minimum atomic E-state index is -0.192. The highest BCUT2D eigenvalue weighted by Crippen LogP contribution is 2.18. The topological polar surface area (TPSA) is 47.3 Å². The van der Waals surface area contributed by atoms with Crippen LogP contribution in [0.1, 0.15) is 31.2 Å². The van der Waals surface area contributed by atoms with E-state index in [1.807, 2.05) is 6.07 Å². The molecule has 1 fully saturated rings. The summed E-state index contributed by atoms with van der Waals surface area (Å²) < 4.78 is 18.7. The molecule has 2 atom stereocenters. The van der Waals surface area contributed by atoms with Gasteiger partial charge in [-0.15, -0.1) is 0 Å². The lowest BCUT2D eigenvalue weighted by Gasteiger charge is -2.18. The number of halogens is 1. The van der Waals surface area contributed by atoms with E-state index in [1.165, 1.54) is 6.07 Å². The van der Waals surface area contributed by atoms with Gasteiger partial charge in [0.25, 0.3) is 0 Å². The largest absolute Gasteiger partial charge is 0.378 e.